The Bertz CT molecular complexity index is 997. The molecule has 5 heteroatoms. The van der Waals surface area contributed by atoms with Crippen molar-refractivity contribution in [1.82, 2.24) is 9.80 Å². The number of ketones is 1. The summed E-state index contributed by atoms with van der Waals surface area (Å²) < 4.78 is 0. The van der Waals surface area contributed by atoms with Crippen LogP contribution < -0.4 is 9.80 Å². The third-order valence-electron chi connectivity index (χ3n) is 8.51. The van der Waals surface area contributed by atoms with E-state index in [-0.39, 0.29) is 5.78 Å². The van der Waals surface area contributed by atoms with E-state index >= 15 is 0 Å². The minimum Gasteiger partial charge on any atom is -0.370 e. The first-order chi connectivity index (χ1) is 14.6. The van der Waals surface area contributed by atoms with Gasteiger partial charge in [-0.25, -0.2) is 0 Å². The molecule has 2 aromatic rings. The van der Waals surface area contributed by atoms with Crippen molar-refractivity contribution in [2.24, 2.45) is 11.8 Å². The number of rotatable bonds is 2. The first kappa shape index (κ1) is 17.3. The number of hydrogen-bond acceptors (Lipinski definition) is 5. The highest BCUT2D eigenvalue weighted by Gasteiger charge is 2.45. The molecule has 5 nitrogen and oxygen atoms in total. The van der Waals surface area contributed by atoms with Crippen LogP contribution in [0.1, 0.15) is 15.9 Å². The molecule has 0 unspecified atom stereocenters. The second kappa shape index (κ2) is 5.86. The molecular weight excluding hydrogens is 372 g/mol. The smallest absolute Gasteiger partial charge is 0.194 e. The van der Waals surface area contributed by atoms with Crippen molar-refractivity contribution >= 4 is 17.2 Å². The van der Waals surface area contributed by atoms with Gasteiger partial charge in [0.2, 0.25) is 0 Å². The number of benzene rings is 2. The Morgan fingerprint density at radius 1 is 0.633 bits per heavy atom. The number of carbonyl (C=O) groups is 1. The van der Waals surface area contributed by atoms with Crippen LogP contribution in [0.3, 0.4) is 0 Å². The van der Waals surface area contributed by atoms with Crippen molar-refractivity contribution in [1.29, 1.82) is 0 Å². The average molecular weight is 401 g/mol. The van der Waals surface area contributed by atoms with E-state index in [0.717, 1.165) is 60.3 Å². The van der Waals surface area contributed by atoms with Gasteiger partial charge in [0, 0.05) is 85.7 Å². The molecule has 4 atom stereocenters. The predicted octanol–water partition coefficient (Wildman–Crippen LogP) is 2.40. The van der Waals surface area contributed by atoms with Crippen LogP contribution in [0.4, 0.5) is 11.4 Å². The second-order valence-corrected chi connectivity index (χ2v) is 10.1. The van der Waals surface area contributed by atoms with Gasteiger partial charge in [0.25, 0.3) is 0 Å². The third-order valence-corrected chi connectivity index (χ3v) is 8.51. The molecule has 0 saturated carbocycles. The fourth-order valence-corrected chi connectivity index (χ4v) is 6.67. The summed E-state index contributed by atoms with van der Waals surface area (Å²) >= 11 is 0. The molecular formula is C25H28N4O. The number of fused-ring (bicyclic) bond motifs is 5. The Balaban J connectivity index is 1.18. The molecule has 154 valence electrons. The van der Waals surface area contributed by atoms with Crippen LogP contribution in [0.5, 0.6) is 0 Å². The number of anilines is 2. The Morgan fingerprint density at radius 3 is 1.50 bits per heavy atom. The highest BCUT2D eigenvalue weighted by molar-refractivity contribution is 6.22. The maximum atomic E-state index is 13.4. The van der Waals surface area contributed by atoms with Crippen LogP contribution in [-0.4, -0.2) is 81.0 Å². The summed E-state index contributed by atoms with van der Waals surface area (Å²) in [6.07, 6.45) is 0. The molecule has 4 heterocycles. The molecule has 2 aromatic carbocycles. The molecule has 0 N–H and O–H groups in total. The lowest BCUT2D eigenvalue weighted by Crippen LogP contribution is -2.52. The number of likely N-dealkylation sites (tertiary alicyclic amines) is 2. The van der Waals surface area contributed by atoms with E-state index in [1.54, 1.807) is 0 Å². The molecule has 0 spiro atoms. The van der Waals surface area contributed by atoms with Crippen LogP contribution in [-0.2, 0) is 0 Å². The van der Waals surface area contributed by atoms with Gasteiger partial charge in [-0.1, -0.05) is 12.1 Å². The maximum absolute atomic E-state index is 13.4. The third kappa shape index (κ3) is 2.22. The van der Waals surface area contributed by atoms with E-state index in [0.29, 0.717) is 12.1 Å². The van der Waals surface area contributed by atoms with Gasteiger partial charge in [-0.15, -0.1) is 0 Å². The van der Waals surface area contributed by atoms with Crippen molar-refractivity contribution in [3.8, 4) is 11.1 Å². The van der Waals surface area contributed by atoms with E-state index in [1.807, 2.05) is 0 Å². The van der Waals surface area contributed by atoms with E-state index in [9.17, 15) is 4.79 Å². The van der Waals surface area contributed by atoms with Crippen molar-refractivity contribution in [2.45, 2.75) is 12.1 Å². The summed E-state index contributed by atoms with van der Waals surface area (Å²) in [6, 6.07) is 14.4. The van der Waals surface area contributed by atoms with Crippen molar-refractivity contribution in [2.75, 3.05) is 63.2 Å². The van der Waals surface area contributed by atoms with Gasteiger partial charge in [-0.3, -0.25) is 4.79 Å². The van der Waals surface area contributed by atoms with E-state index in [2.05, 4.69) is 70.1 Å². The zero-order valence-corrected chi connectivity index (χ0v) is 17.7. The first-order valence-electron chi connectivity index (χ1n) is 11.3. The molecule has 30 heavy (non-hydrogen) atoms. The standard InChI is InChI=1S/C25H28N4O/c1-26-9-15-11-28(13-23(15)26)17-3-5-19-20-6-4-18(8-22(20)25(30)21(19)7-17)29-12-16-10-27(2)24(16)14-29/h3-8,15-16,23-24H,9-14H2,1-2H3/t15-,16-,23+,24+/m1/s1. The molecule has 5 aliphatic rings. The molecule has 4 saturated heterocycles. The normalized spacial score (nSPS) is 31.9. The predicted molar refractivity (Wildman–Crippen MR) is 120 cm³/mol. The molecule has 0 amide bonds. The van der Waals surface area contributed by atoms with Gasteiger partial charge < -0.3 is 19.6 Å². The molecule has 1 aliphatic carbocycles. The number of carbonyl (C=O) groups excluding carboxylic acids is 1. The lowest BCUT2D eigenvalue weighted by Gasteiger charge is -2.40. The van der Waals surface area contributed by atoms with E-state index in [1.165, 1.54) is 24.5 Å². The van der Waals surface area contributed by atoms with Gasteiger partial charge in [0.05, 0.1) is 0 Å². The molecule has 4 aliphatic heterocycles. The maximum Gasteiger partial charge on any atom is 0.194 e. The lowest BCUT2D eigenvalue weighted by atomic mass is 9.93. The molecule has 0 aromatic heterocycles. The summed E-state index contributed by atoms with van der Waals surface area (Å²) in [4.78, 5) is 23.2. The van der Waals surface area contributed by atoms with Crippen LogP contribution in [0, 0.1) is 11.8 Å². The molecule has 0 bridgehead atoms. The second-order valence-electron chi connectivity index (χ2n) is 10.1. The van der Waals surface area contributed by atoms with Crippen LogP contribution in [0.25, 0.3) is 11.1 Å². The molecule has 7 rings (SSSR count). The zero-order chi connectivity index (χ0) is 20.1. The van der Waals surface area contributed by atoms with Crippen LogP contribution in [0.2, 0.25) is 0 Å². The fraction of sp³-hybridized carbons (Fsp3) is 0.480. The largest absolute Gasteiger partial charge is 0.370 e. The first-order valence-corrected chi connectivity index (χ1v) is 11.3. The SMILES string of the molecule is CN1C[C@@H]2CN(c3ccc4c(c3)C(=O)c3cc(N5C[C@H]6CN(C)[C@H]6C5)ccc3-4)C[C@@H]21. The fourth-order valence-electron chi connectivity index (χ4n) is 6.67. The summed E-state index contributed by atoms with van der Waals surface area (Å²) in [7, 11) is 4.43. The number of likely N-dealkylation sites (N-methyl/N-ethyl adjacent to an activating group) is 2. The molecule has 0 radical (unpaired) electrons. The summed E-state index contributed by atoms with van der Waals surface area (Å²) in [5.74, 6) is 1.77. The van der Waals surface area contributed by atoms with Crippen LogP contribution >= 0.6 is 0 Å². The Hall–Kier alpha value is -2.37. The summed E-state index contributed by atoms with van der Waals surface area (Å²) in [5.41, 5.74) is 6.38. The summed E-state index contributed by atoms with van der Waals surface area (Å²) in [5, 5.41) is 0. The van der Waals surface area contributed by atoms with Gasteiger partial charge in [0.1, 0.15) is 0 Å². The van der Waals surface area contributed by atoms with Gasteiger partial charge in [-0.2, -0.15) is 0 Å². The Labute approximate surface area is 177 Å². The van der Waals surface area contributed by atoms with Gasteiger partial charge >= 0.3 is 0 Å². The average Bonchev–Trinajstić information content (AvgIpc) is 3.37. The summed E-state index contributed by atoms with van der Waals surface area (Å²) in [6.45, 7) is 6.80. The number of hydrogen-bond donors (Lipinski definition) is 0. The topological polar surface area (TPSA) is 30.0 Å². The number of nitrogens with zero attached hydrogens (tertiary/aromatic N) is 4. The minimum atomic E-state index is 0.197. The zero-order valence-electron chi connectivity index (χ0n) is 17.7. The van der Waals surface area contributed by atoms with Gasteiger partial charge in [-0.05, 0) is 49.5 Å². The van der Waals surface area contributed by atoms with E-state index < -0.39 is 0 Å². The van der Waals surface area contributed by atoms with E-state index in [4.69, 9.17) is 0 Å². The van der Waals surface area contributed by atoms with Crippen molar-refractivity contribution in [3.63, 3.8) is 0 Å². The Morgan fingerprint density at radius 2 is 1.10 bits per heavy atom. The quantitative estimate of drug-likeness (QED) is 0.659. The highest BCUT2D eigenvalue weighted by atomic mass is 16.1. The van der Waals surface area contributed by atoms with Gasteiger partial charge in [0.15, 0.2) is 5.78 Å². The highest BCUT2D eigenvalue weighted by Crippen LogP contribution is 2.42. The van der Waals surface area contributed by atoms with Crippen molar-refractivity contribution in [3.05, 3.63) is 47.5 Å². The molecule has 4 fully saturated rings. The van der Waals surface area contributed by atoms with Crippen molar-refractivity contribution < 1.29 is 4.79 Å². The lowest BCUT2D eigenvalue weighted by molar-refractivity contribution is 0.0827. The minimum absolute atomic E-state index is 0.197. The van der Waals surface area contributed by atoms with Crippen LogP contribution in [0.15, 0.2) is 36.4 Å². The Kier molecular flexibility index (Phi) is 3.38. The monoisotopic (exact) mass is 400 g/mol.